The van der Waals surface area contributed by atoms with Crippen LogP contribution in [0.5, 0.6) is 5.75 Å². The second-order valence-corrected chi connectivity index (χ2v) is 5.03. The van der Waals surface area contributed by atoms with Crippen LogP contribution in [-0.2, 0) is 25.8 Å². The van der Waals surface area contributed by atoms with Crippen molar-refractivity contribution in [1.82, 2.24) is 15.3 Å². The number of methoxy groups -OCH3 is 1. The average molecular weight is 269 g/mol. The van der Waals surface area contributed by atoms with E-state index in [4.69, 9.17) is 4.74 Å². The van der Waals surface area contributed by atoms with E-state index in [1.54, 1.807) is 7.11 Å². The molecule has 0 spiro atoms. The predicted octanol–water partition coefficient (Wildman–Crippen LogP) is 1.92. The van der Waals surface area contributed by atoms with Gasteiger partial charge in [-0.2, -0.15) is 0 Å². The van der Waals surface area contributed by atoms with Gasteiger partial charge in [-0.3, -0.25) is 0 Å². The summed E-state index contributed by atoms with van der Waals surface area (Å²) in [5, 5.41) is 3.34. The van der Waals surface area contributed by atoms with Crippen molar-refractivity contribution in [3.63, 3.8) is 0 Å². The Morgan fingerprint density at radius 1 is 1.20 bits per heavy atom. The van der Waals surface area contributed by atoms with E-state index in [1.165, 1.54) is 16.8 Å². The summed E-state index contributed by atoms with van der Waals surface area (Å²) in [7, 11) is 1.69. The molecule has 0 saturated heterocycles. The zero-order chi connectivity index (χ0) is 13.8. The van der Waals surface area contributed by atoms with Crippen molar-refractivity contribution in [3.05, 3.63) is 53.1 Å². The summed E-state index contributed by atoms with van der Waals surface area (Å²) in [4.78, 5) is 9.15. The van der Waals surface area contributed by atoms with E-state index in [2.05, 4.69) is 27.4 Å². The Morgan fingerprint density at radius 3 is 2.85 bits per heavy atom. The smallest absolute Gasteiger partial charge is 0.128 e. The van der Waals surface area contributed by atoms with Crippen LogP contribution in [-0.4, -0.2) is 23.6 Å². The van der Waals surface area contributed by atoms with E-state index < -0.39 is 0 Å². The number of fused-ring (bicyclic) bond motifs is 1. The maximum Gasteiger partial charge on any atom is 0.128 e. The number of hydrogen-bond donors (Lipinski definition) is 1. The number of aryl methyl sites for hydroxylation is 2. The van der Waals surface area contributed by atoms with Crippen LogP contribution < -0.4 is 10.1 Å². The molecule has 3 rings (SSSR count). The van der Waals surface area contributed by atoms with Crippen LogP contribution in [0.3, 0.4) is 0 Å². The first-order valence-corrected chi connectivity index (χ1v) is 7.02. The van der Waals surface area contributed by atoms with Gasteiger partial charge in [-0.05, 0) is 24.1 Å². The van der Waals surface area contributed by atoms with Crippen LogP contribution in [0.2, 0.25) is 0 Å². The molecule has 0 radical (unpaired) electrons. The average Bonchev–Trinajstić information content (AvgIpc) is 2.53. The van der Waals surface area contributed by atoms with Crippen LogP contribution in [0.4, 0.5) is 0 Å². The Morgan fingerprint density at radius 2 is 2.05 bits per heavy atom. The molecule has 0 aliphatic carbocycles. The molecule has 1 aliphatic heterocycles. The summed E-state index contributed by atoms with van der Waals surface area (Å²) in [6.45, 7) is 1.91. The third-order valence-corrected chi connectivity index (χ3v) is 3.65. The Balaban J connectivity index is 1.65. The van der Waals surface area contributed by atoms with Crippen LogP contribution in [0.1, 0.15) is 22.6 Å². The maximum atomic E-state index is 5.16. The van der Waals surface area contributed by atoms with Crippen LogP contribution in [0.15, 0.2) is 30.5 Å². The molecule has 0 fully saturated rings. The van der Waals surface area contributed by atoms with Gasteiger partial charge in [0.05, 0.1) is 7.11 Å². The Labute approximate surface area is 119 Å². The number of benzene rings is 1. The molecular formula is C16H19N3O. The van der Waals surface area contributed by atoms with Crippen LogP contribution in [0, 0.1) is 0 Å². The van der Waals surface area contributed by atoms with Crippen molar-refractivity contribution in [2.24, 2.45) is 0 Å². The molecule has 1 N–H and O–H groups in total. The van der Waals surface area contributed by atoms with Crippen LogP contribution >= 0.6 is 0 Å². The first-order chi connectivity index (χ1) is 9.85. The van der Waals surface area contributed by atoms with Gasteiger partial charge in [0.15, 0.2) is 0 Å². The Kier molecular flexibility index (Phi) is 3.92. The van der Waals surface area contributed by atoms with Gasteiger partial charge in [0, 0.05) is 43.4 Å². The minimum absolute atomic E-state index is 0.882. The quantitative estimate of drug-likeness (QED) is 0.921. The lowest BCUT2D eigenvalue weighted by Gasteiger charge is -2.16. The molecule has 0 amide bonds. The van der Waals surface area contributed by atoms with E-state index in [-0.39, 0.29) is 0 Å². The highest BCUT2D eigenvalue weighted by Gasteiger charge is 2.11. The molecule has 0 saturated carbocycles. The molecule has 4 nitrogen and oxygen atoms in total. The van der Waals surface area contributed by atoms with Crippen molar-refractivity contribution < 1.29 is 4.74 Å². The molecule has 1 aromatic heterocycles. The van der Waals surface area contributed by atoms with E-state index in [0.29, 0.717) is 0 Å². The standard InChI is InChI=1S/C16H19N3O/c1-20-14-5-2-12(3-6-14)4-7-16-18-11-13-10-17-9-8-15(13)19-16/h2-3,5-6,11,17H,4,7-10H2,1H3. The summed E-state index contributed by atoms with van der Waals surface area (Å²) in [6, 6.07) is 8.19. The molecule has 1 aliphatic rings. The predicted molar refractivity (Wildman–Crippen MR) is 77.8 cm³/mol. The Bertz CT molecular complexity index is 581. The lowest BCUT2D eigenvalue weighted by molar-refractivity contribution is 0.414. The number of ether oxygens (including phenoxy) is 1. The summed E-state index contributed by atoms with van der Waals surface area (Å²) in [5.41, 5.74) is 3.74. The second-order valence-electron chi connectivity index (χ2n) is 5.03. The third kappa shape index (κ3) is 2.96. The van der Waals surface area contributed by atoms with E-state index in [0.717, 1.165) is 43.9 Å². The lowest BCUT2D eigenvalue weighted by atomic mass is 10.1. The van der Waals surface area contributed by atoms with Gasteiger partial charge in [-0.15, -0.1) is 0 Å². The maximum absolute atomic E-state index is 5.16. The zero-order valence-electron chi connectivity index (χ0n) is 11.7. The fourth-order valence-corrected chi connectivity index (χ4v) is 2.45. The van der Waals surface area contributed by atoms with Crippen molar-refractivity contribution in [2.75, 3.05) is 13.7 Å². The summed E-state index contributed by atoms with van der Waals surface area (Å²) >= 11 is 0. The normalized spacial score (nSPS) is 13.8. The second kappa shape index (κ2) is 6.01. The van der Waals surface area contributed by atoms with Crippen molar-refractivity contribution in [3.8, 4) is 5.75 Å². The first kappa shape index (κ1) is 13.1. The third-order valence-electron chi connectivity index (χ3n) is 3.65. The molecule has 0 bridgehead atoms. The van der Waals surface area contributed by atoms with E-state index in [9.17, 15) is 0 Å². The van der Waals surface area contributed by atoms with Crippen molar-refractivity contribution >= 4 is 0 Å². The summed E-state index contributed by atoms with van der Waals surface area (Å²) < 4.78 is 5.16. The molecule has 104 valence electrons. The number of nitrogens with one attached hydrogen (secondary N) is 1. The van der Waals surface area contributed by atoms with Gasteiger partial charge in [0.1, 0.15) is 11.6 Å². The molecule has 0 atom stereocenters. The minimum Gasteiger partial charge on any atom is -0.497 e. The highest BCUT2D eigenvalue weighted by Crippen LogP contribution is 2.14. The minimum atomic E-state index is 0.882. The zero-order valence-corrected chi connectivity index (χ0v) is 11.7. The fourth-order valence-electron chi connectivity index (χ4n) is 2.45. The number of aromatic nitrogens is 2. The van der Waals surface area contributed by atoms with Crippen LogP contribution in [0.25, 0.3) is 0 Å². The molecule has 0 unspecified atom stereocenters. The highest BCUT2D eigenvalue weighted by atomic mass is 16.5. The van der Waals surface area contributed by atoms with Gasteiger partial charge in [-0.1, -0.05) is 12.1 Å². The molecule has 2 heterocycles. The topological polar surface area (TPSA) is 47.0 Å². The monoisotopic (exact) mass is 269 g/mol. The fraction of sp³-hybridized carbons (Fsp3) is 0.375. The van der Waals surface area contributed by atoms with Gasteiger partial charge in [-0.25, -0.2) is 9.97 Å². The summed E-state index contributed by atoms with van der Waals surface area (Å²) in [5.74, 6) is 1.84. The lowest BCUT2D eigenvalue weighted by Crippen LogP contribution is -2.25. The molecule has 20 heavy (non-hydrogen) atoms. The Hall–Kier alpha value is -1.94. The highest BCUT2D eigenvalue weighted by molar-refractivity contribution is 5.27. The van der Waals surface area contributed by atoms with Crippen molar-refractivity contribution in [2.45, 2.75) is 25.8 Å². The molecule has 2 aromatic rings. The van der Waals surface area contributed by atoms with Crippen molar-refractivity contribution in [1.29, 1.82) is 0 Å². The van der Waals surface area contributed by atoms with Gasteiger partial charge in [0.25, 0.3) is 0 Å². The van der Waals surface area contributed by atoms with Gasteiger partial charge >= 0.3 is 0 Å². The summed E-state index contributed by atoms with van der Waals surface area (Å²) in [6.07, 6.45) is 4.82. The van der Waals surface area contributed by atoms with E-state index >= 15 is 0 Å². The molecular weight excluding hydrogens is 250 g/mol. The number of rotatable bonds is 4. The first-order valence-electron chi connectivity index (χ1n) is 7.02. The largest absolute Gasteiger partial charge is 0.497 e. The van der Waals surface area contributed by atoms with E-state index in [1.807, 2.05) is 18.3 Å². The van der Waals surface area contributed by atoms with Gasteiger partial charge < -0.3 is 10.1 Å². The number of hydrogen-bond acceptors (Lipinski definition) is 4. The number of nitrogens with zero attached hydrogens (tertiary/aromatic N) is 2. The molecule has 1 aromatic carbocycles. The van der Waals surface area contributed by atoms with Gasteiger partial charge in [0.2, 0.25) is 0 Å². The SMILES string of the molecule is COc1ccc(CCc2ncc3c(n2)CCNC3)cc1. The molecule has 4 heteroatoms.